The lowest BCUT2D eigenvalue weighted by atomic mass is 9.93. The molecule has 148 valence electrons. The van der Waals surface area contributed by atoms with Crippen LogP contribution in [0.15, 0.2) is 36.4 Å². The van der Waals surface area contributed by atoms with Crippen molar-refractivity contribution >= 4 is 6.08 Å². The van der Waals surface area contributed by atoms with Gasteiger partial charge in [-0.3, -0.25) is 0 Å². The van der Waals surface area contributed by atoms with Crippen molar-refractivity contribution in [2.45, 2.75) is 38.6 Å². The summed E-state index contributed by atoms with van der Waals surface area (Å²) >= 11 is 0. The number of hydrogen-bond donors (Lipinski definition) is 1. The predicted molar refractivity (Wildman–Crippen MR) is 113 cm³/mol. The van der Waals surface area contributed by atoms with E-state index in [1.165, 1.54) is 22.3 Å². The van der Waals surface area contributed by atoms with Crippen LogP contribution in [0.2, 0.25) is 0 Å². The molecule has 0 aliphatic carbocycles. The molecular formula is C24H29NO3. The van der Waals surface area contributed by atoms with Crippen LogP contribution in [-0.4, -0.2) is 26.9 Å². The fourth-order valence-corrected chi connectivity index (χ4v) is 3.88. The summed E-state index contributed by atoms with van der Waals surface area (Å²) < 4.78 is 17.2. The summed E-state index contributed by atoms with van der Waals surface area (Å²) in [6, 6.07) is 10.9. The summed E-state index contributed by atoms with van der Waals surface area (Å²) in [4.78, 5) is 0. The smallest absolute Gasteiger partial charge is 0.161 e. The molecule has 1 N–H and O–H groups in total. The van der Waals surface area contributed by atoms with Gasteiger partial charge >= 0.3 is 0 Å². The van der Waals surface area contributed by atoms with Crippen LogP contribution < -0.4 is 19.5 Å². The molecule has 0 aromatic heterocycles. The minimum absolute atomic E-state index is 0.173. The first-order chi connectivity index (χ1) is 13.8. The van der Waals surface area contributed by atoms with Gasteiger partial charge in [-0.2, -0.15) is 0 Å². The SMILES string of the molecule is CCCCOc1cc2c(cc1OC)C(/C=C/c1ccc3c(c1)CCO3)NCC2. The van der Waals surface area contributed by atoms with Crippen molar-refractivity contribution in [3.05, 3.63) is 58.7 Å². The molecule has 4 rings (SSSR count). The van der Waals surface area contributed by atoms with Crippen molar-refractivity contribution in [3.8, 4) is 17.2 Å². The largest absolute Gasteiger partial charge is 0.493 e. The molecule has 2 aromatic carbocycles. The van der Waals surface area contributed by atoms with E-state index in [1.807, 2.05) is 0 Å². The standard InChI is InChI=1S/C24H29NO3/c1-3-4-12-27-24-15-18-9-11-25-21(20(18)16-23(24)26-2)7-5-17-6-8-22-19(14-17)10-13-28-22/h5-8,14-16,21,25H,3-4,9-13H2,1-2H3/b7-5+. The predicted octanol–water partition coefficient (Wildman–Crippen LogP) is 4.71. The summed E-state index contributed by atoms with van der Waals surface area (Å²) in [7, 11) is 1.71. The number of nitrogens with one attached hydrogen (secondary N) is 1. The van der Waals surface area contributed by atoms with Crippen molar-refractivity contribution in [2.75, 3.05) is 26.9 Å². The third kappa shape index (κ3) is 4.02. The van der Waals surface area contributed by atoms with Gasteiger partial charge in [-0.15, -0.1) is 0 Å². The fourth-order valence-electron chi connectivity index (χ4n) is 3.88. The molecule has 4 nitrogen and oxygen atoms in total. The molecule has 0 spiro atoms. The highest BCUT2D eigenvalue weighted by atomic mass is 16.5. The maximum Gasteiger partial charge on any atom is 0.161 e. The Kier molecular flexibility index (Phi) is 5.87. The van der Waals surface area contributed by atoms with Crippen LogP contribution in [0.25, 0.3) is 6.08 Å². The number of unbranched alkanes of at least 4 members (excludes halogenated alkanes) is 1. The van der Waals surface area contributed by atoms with Crippen molar-refractivity contribution in [2.24, 2.45) is 0 Å². The van der Waals surface area contributed by atoms with E-state index in [2.05, 4.69) is 54.7 Å². The molecule has 28 heavy (non-hydrogen) atoms. The minimum atomic E-state index is 0.173. The Hall–Kier alpha value is -2.46. The monoisotopic (exact) mass is 379 g/mol. The first-order valence-corrected chi connectivity index (χ1v) is 10.3. The van der Waals surface area contributed by atoms with Crippen LogP contribution in [0.4, 0.5) is 0 Å². The summed E-state index contributed by atoms with van der Waals surface area (Å²) in [6.07, 6.45) is 8.62. The second kappa shape index (κ2) is 8.70. The number of methoxy groups -OCH3 is 1. The van der Waals surface area contributed by atoms with Crippen LogP contribution in [0.1, 0.15) is 48.1 Å². The number of rotatable bonds is 7. The van der Waals surface area contributed by atoms with Gasteiger partial charge < -0.3 is 19.5 Å². The third-order valence-corrected chi connectivity index (χ3v) is 5.47. The molecule has 4 heteroatoms. The van der Waals surface area contributed by atoms with Crippen molar-refractivity contribution in [1.29, 1.82) is 0 Å². The summed E-state index contributed by atoms with van der Waals surface area (Å²) in [6.45, 7) is 4.66. The average Bonchev–Trinajstić information content (AvgIpc) is 3.19. The van der Waals surface area contributed by atoms with Gasteiger partial charge in [0.15, 0.2) is 11.5 Å². The quantitative estimate of drug-likeness (QED) is 0.707. The van der Waals surface area contributed by atoms with Gasteiger partial charge in [-0.05, 0) is 59.4 Å². The summed E-state index contributed by atoms with van der Waals surface area (Å²) in [5.74, 6) is 2.70. The Balaban J connectivity index is 1.56. The molecule has 2 aliphatic heterocycles. The third-order valence-electron chi connectivity index (χ3n) is 5.47. The van der Waals surface area contributed by atoms with Gasteiger partial charge in [0.2, 0.25) is 0 Å². The molecule has 1 unspecified atom stereocenters. The minimum Gasteiger partial charge on any atom is -0.493 e. The summed E-state index contributed by atoms with van der Waals surface area (Å²) in [5, 5.41) is 3.61. The lowest BCUT2D eigenvalue weighted by Crippen LogP contribution is -2.28. The highest BCUT2D eigenvalue weighted by molar-refractivity contribution is 5.57. The molecule has 0 saturated carbocycles. The molecule has 0 radical (unpaired) electrons. The highest BCUT2D eigenvalue weighted by Crippen LogP contribution is 2.36. The van der Waals surface area contributed by atoms with Gasteiger partial charge in [-0.1, -0.05) is 31.6 Å². The zero-order chi connectivity index (χ0) is 19.3. The molecule has 1 atom stereocenters. The number of ether oxygens (including phenoxy) is 3. The lowest BCUT2D eigenvalue weighted by molar-refractivity contribution is 0.287. The van der Waals surface area contributed by atoms with E-state index in [0.717, 1.165) is 62.7 Å². The second-order valence-electron chi connectivity index (χ2n) is 7.41. The number of hydrogen-bond acceptors (Lipinski definition) is 4. The van der Waals surface area contributed by atoms with Gasteiger partial charge in [0.05, 0.1) is 26.4 Å². The maximum absolute atomic E-state index is 5.97. The first-order valence-electron chi connectivity index (χ1n) is 10.3. The second-order valence-corrected chi connectivity index (χ2v) is 7.41. The Labute approximate surface area is 167 Å². The molecule has 0 amide bonds. The number of fused-ring (bicyclic) bond motifs is 2. The summed E-state index contributed by atoms with van der Waals surface area (Å²) in [5.41, 5.74) is 5.12. The Bertz CT molecular complexity index is 859. The molecule has 2 heterocycles. The highest BCUT2D eigenvalue weighted by Gasteiger charge is 2.21. The van der Waals surface area contributed by atoms with E-state index in [0.29, 0.717) is 0 Å². The zero-order valence-corrected chi connectivity index (χ0v) is 16.8. The van der Waals surface area contributed by atoms with Gasteiger partial charge in [0, 0.05) is 13.0 Å². The van der Waals surface area contributed by atoms with Crippen LogP contribution in [0.5, 0.6) is 17.2 Å². The topological polar surface area (TPSA) is 39.7 Å². The molecule has 0 fully saturated rings. The van der Waals surface area contributed by atoms with Crippen molar-refractivity contribution in [1.82, 2.24) is 5.32 Å². The number of benzene rings is 2. The Morgan fingerprint density at radius 3 is 2.93 bits per heavy atom. The Morgan fingerprint density at radius 1 is 1.14 bits per heavy atom. The average molecular weight is 380 g/mol. The van der Waals surface area contributed by atoms with E-state index < -0.39 is 0 Å². The zero-order valence-electron chi connectivity index (χ0n) is 16.8. The van der Waals surface area contributed by atoms with Crippen LogP contribution in [-0.2, 0) is 12.8 Å². The van der Waals surface area contributed by atoms with Gasteiger partial charge in [-0.25, -0.2) is 0 Å². The molecule has 2 aliphatic rings. The Morgan fingerprint density at radius 2 is 2.07 bits per heavy atom. The van der Waals surface area contributed by atoms with Gasteiger partial charge in [0.1, 0.15) is 5.75 Å². The van der Waals surface area contributed by atoms with E-state index in [1.54, 1.807) is 7.11 Å². The van der Waals surface area contributed by atoms with Crippen molar-refractivity contribution in [3.63, 3.8) is 0 Å². The molecule has 0 bridgehead atoms. The lowest BCUT2D eigenvalue weighted by Gasteiger charge is -2.26. The van der Waals surface area contributed by atoms with E-state index in [-0.39, 0.29) is 6.04 Å². The van der Waals surface area contributed by atoms with Crippen LogP contribution in [0, 0.1) is 0 Å². The van der Waals surface area contributed by atoms with Crippen LogP contribution >= 0.6 is 0 Å². The van der Waals surface area contributed by atoms with E-state index in [9.17, 15) is 0 Å². The first kappa shape index (κ1) is 18.9. The fraction of sp³-hybridized carbons (Fsp3) is 0.417. The molecule has 2 aromatic rings. The van der Waals surface area contributed by atoms with Crippen molar-refractivity contribution < 1.29 is 14.2 Å². The molecule has 0 saturated heterocycles. The van der Waals surface area contributed by atoms with Crippen LogP contribution in [0.3, 0.4) is 0 Å². The van der Waals surface area contributed by atoms with E-state index >= 15 is 0 Å². The van der Waals surface area contributed by atoms with E-state index in [4.69, 9.17) is 14.2 Å². The van der Waals surface area contributed by atoms with Gasteiger partial charge in [0.25, 0.3) is 0 Å². The maximum atomic E-state index is 5.97. The normalized spacial score (nSPS) is 17.9. The molecular weight excluding hydrogens is 350 g/mol.